The molecule has 1 amide bonds. The number of halogens is 1. The molecule has 2 aromatic carbocycles. The van der Waals surface area contributed by atoms with E-state index in [1.807, 2.05) is 30.3 Å². The lowest BCUT2D eigenvalue weighted by Gasteiger charge is -2.17. The van der Waals surface area contributed by atoms with E-state index in [-0.39, 0.29) is 11.7 Å². The van der Waals surface area contributed by atoms with Gasteiger partial charge in [-0.05, 0) is 42.0 Å². The molecule has 0 saturated heterocycles. The lowest BCUT2D eigenvalue weighted by molar-refractivity contribution is 0.0779. The Morgan fingerprint density at radius 1 is 1.00 bits per heavy atom. The highest BCUT2D eigenvalue weighted by atomic mass is 19.1. The van der Waals surface area contributed by atoms with Crippen LogP contribution in [0.5, 0.6) is 0 Å². The van der Waals surface area contributed by atoms with Crippen LogP contribution in [0.4, 0.5) is 15.8 Å². The van der Waals surface area contributed by atoms with Crippen LogP contribution >= 0.6 is 0 Å². The van der Waals surface area contributed by atoms with E-state index >= 15 is 0 Å². The van der Waals surface area contributed by atoms with Crippen molar-refractivity contribution in [2.45, 2.75) is 6.54 Å². The van der Waals surface area contributed by atoms with E-state index in [2.05, 4.69) is 10.3 Å². The first kappa shape index (κ1) is 16.6. The van der Waals surface area contributed by atoms with Crippen LogP contribution in [-0.2, 0) is 6.54 Å². The lowest BCUT2D eigenvalue weighted by atomic mass is 10.2. The highest BCUT2D eigenvalue weighted by Gasteiger charge is 2.13. The number of aromatic nitrogens is 1. The summed E-state index contributed by atoms with van der Waals surface area (Å²) < 4.78 is 12.9. The summed E-state index contributed by atoms with van der Waals surface area (Å²) in [5, 5.41) is 3.11. The number of benzene rings is 2. The minimum absolute atomic E-state index is 0.141. The number of carbonyl (C=O) groups excluding carboxylic acids is 1. The van der Waals surface area contributed by atoms with E-state index in [0.717, 1.165) is 16.9 Å². The topological polar surface area (TPSA) is 45.2 Å². The third-order valence-electron chi connectivity index (χ3n) is 3.72. The van der Waals surface area contributed by atoms with Gasteiger partial charge in [0.05, 0.1) is 11.9 Å². The van der Waals surface area contributed by atoms with Crippen LogP contribution in [-0.4, -0.2) is 22.8 Å². The summed E-state index contributed by atoms with van der Waals surface area (Å²) in [5.41, 5.74) is 2.92. The summed E-state index contributed by atoms with van der Waals surface area (Å²) >= 11 is 0. The lowest BCUT2D eigenvalue weighted by Crippen LogP contribution is -2.26. The summed E-state index contributed by atoms with van der Waals surface area (Å²) in [5.74, 6) is -0.428. The number of amides is 1. The highest BCUT2D eigenvalue weighted by molar-refractivity contribution is 5.92. The number of hydrogen-bond acceptors (Lipinski definition) is 3. The van der Waals surface area contributed by atoms with Gasteiger partial charge in [0.15, 0.2) is 0 Å². The Hall–Kier alpha value is -3.21. The standard InChI is InChI=1S/C20H18FN3O/c1-24(14-15-5-3-2-4-6-15)20(25)19-12-11-18(13-22-19)23-17-9-7-16(21)8-10-17/h2-13,23H,14H2,1H3. The van der Waals surface area contributed by atoms with E-state index in [0.29, 0.717) is 12.2 Å². The van der Waals surface area contributed by atoms with Crippen LogP contribution in [0.2, 0.25) is 0 Å². The van der Waals surface area contributed by atoms with Crippen molar-refractivity contribution >= 4 is 17.3 Å². The zero-order chi connectivity index (χ0) is 17.6. The van der Waals surface area contributed by atoms with E-state index in [1.165, 1.54) is 12.1 Å². The molecule has 0 aliphatic rings. The van der Waals surface area contributed by atoms with Gasteiger partial charge in [0.25, 0.3) is 5.91 Å². The van der Waals surface area contributed by atoms with Gasteiger partial charge >= 0.3 is 0 Å². The Labute approximate surface area is 145 Å². The molecule has 0 aliphatic carbocycles. The van der Waals surface area contributed by atoms with Crippen molar-refractivity contribution in [1.82, 2.24) is 9.88 Å². The van der Waals surface area contributed by atoms with Gasteiger partial charge in [-0.15, -0.1) is 0 Å². The van der Waals surface area contributed by atoms with Crippen LogP contribution < -0.4 is 5.32 Å². The summed E-state index contributed by atoms with van der Waals surface area (Å²) in [6.45, 7) is 0.525. The van der Waals surface area contributed by atoms with Gasteiger partial charge in [0.1, 0.15) is 11.5 Å². The minimum atomic E-state index is -0.286. The van der Waals surface area contributed by atoms with Crippen LogP contribution in [0, 0.1) is 5.82 Å². The molecule has 0 bridgehead atoms. The predicted molar refractivity (Wildman–Crippen MR) is 96.2 cm³/mol. The SMILES string of the molecule is CN(Cc1ccccc1)C(=O)c1ccc(Nc2ccc(F)cc2)cn1. The van der Waals surface area contributed by atoms with Crippen molar-refractivity contribution in [2.24, 2.45) is 0 Å². The van der Waals surface area contributed by atoms with Crippen molar-refractivity contribution in [3.63, 3.8) is 0 Å². The molecule has 0 fully saturated rings. The number of nitrogens with one attached hydrogen (secondary N) is 1. The quantitative estimate of drug-likeness (QED) is 0.759. The summed E-state index contributed by atoms with van der Waals surface area (Å²) in [4.78, 5) is 18.3. The zero-order valence-electron chi connectivity index (χ0n) is 13.8. The largest absolute Gasteiger partial charge is 0.354 e. The molecule has 0 unspecified atom stereocenters. The van der Waals surface area contributed by atoms with Gasteiger partial charge in [0.2, 0.25) is 0 Å². The summed E-state index contributed by atoms with van der Waals surface area (Å²) in [6.07, 6.45) is 1.59. The maximum atomic E-state index is 12.9. The average Bonchev–Trinajstić information content (AvgIpc) is 2.64. The van der Waals surface area contributed by atoms with E-state index in [1.54, 1.807) is 42.4 Å². The Morgan fingerprint density at radius 2 is 1.68 bits per heavy atom. The van der Waals surface area contributed by atoms with Gasteiger partial charge in [-0.25, -0.2) is 9.37 Å². The molecule has 0 spiro atoms. The van der Waals surface area contributed by atoms with Gasteiger partial charge in [-0.1, -0.05) is 30.3 Å². The second kappa shape index (κ2) is 7.57. The van der Waals surface area contributed by atoms with E-state index in [9.17, 15) is 9.18 Å². The van der Waals surface area contributed by atoms with Crippen molar-refractivity contribution < 1.29 is 9.18 Å². The van der Waals surface area contributed by atoms with Crippen molar-refractivity contribution in [3.8, 4) is 0 Å². The van der Waals surface area contributed by atoms with Gasteiger partial charge in [-0.2, -0.15) is 0 Å². The number of anilines is 2. The second-order valence-electron chi connectivity index (χ2n) is 5.71. The number of carbonyl (C=O) groups is 1. The van der Waals surface area contributed by atoms with Gasteiger partial charge in [0, 0.05) is 19.3 Å². The number of hydrogen-bond donors (Lipinski definition) is 1. The summed E-state index contributed by atoms with van der Waals surface area (Å²) in [7, 11) is 1.75. The molecule has 0 atom stereocenters. The van der Waals surface area contributed by atoms with Crippen LogP contribution in [0.25, 0.3) is 0 Å². The maximum absolute atomic E-state index is 12.9. The molecule has 3 aromatic rings. The van der Waals surface area contributed by atoms with Gasteiger partial charge < -0.3 is 10.2 Å². The number of rotatable bonds is 5. The molecule has 25 heavy (non-hydrogen) atoms. The molecule has 4 nitrogen and oxygen atoms in total. The molecule has 0 aliphatic heterocycles. The fourth-order valence-electron chi connectivity index (χ4n) is 2.42. The first-order chi connectivity index (χ1) is 12.1. The molecule has 3 rings (SSSR count). The van der Waals surface area contributed by atoms with Crippen LogP contribution in [0.15, 0.2) is 72.9 Å². The molecule has 1 N–H and O–H groups in total. The van der Waals surface area contributed by atoms with Crippen molar-refractivity contribution in [3.05, 3.63) is 90.0 Å². The molecule has 0 saturated carbocycles. The molecule has 126 valence electrons. The summed E-state index contributed by atoms with van der Waals surface area (Å²) in [6, 6.07) is 19.3. The fourth-order valence-corrected chi connectivity index (χ4v) is 2.42. The third kappa shape index (κ3) is 4.41. The van der Waals surface area contributed by atoms with E-state index in [4.69, 9.17) is 0 Å². The average molecular weight is 335 g/mol. The number of pyridine rings is 1. The predicted octanol–water partition coefficient (Wildman–Crippen LogP) is 4.24. The van der Waals surface area contributed by atoms with Crippen molar-refractivity contribution in [2.75, 3.05) is 12.4 Å². The first-order valence-corrected chi connectivity index (χ1v) is 7.90. The number of nitrogens with zero attached hydrogens (tertiary/aromatic N) is 2. The Morgan fingerprint density at radius 3 is 2.32 bits per heavy atom. The highest BCUT2D eigenvalue weighted by Crippen LogP contribution is 2.16. The maximum Gasteiger partial charge on any atom is 0.272 e. The fraction of sp³-hybridized carbons (Fsp3) is 0.100. The Bertz CT molecular complexity index is 833. The van der Waals surface area contributed by atoms with E-state index < -0.39 is 0 Å². The zero-order valence-corrected chi connectivity index (χ0v) is 13.8. The Kier molecular flexibility index (Phi) is 5.04. The molecule has 1 aromatic heterocycles. The first-order valence-electron chi connectivity index (χ1n) is 7.90. The minimum Gasteiger partial charge on any atom is -0.354 e. The monoisotopic (exact) mass is 335 g/mol. The van der Waals surface area contributed by atoms with Crippen LogP contribution in [0.1, 0.15) is 16.1 Å². The van der Waals surface area contributed by atoms with Crippen molar-refractivity contribution in [1.29, 1.82) is 0 Å². The molecule has 5 heteroatoms. The smallest absolute Gasteiger partial charge is 0.272 e. The normalized spacial score (nSPS) is 10.3. The Balaban J connectivity index is 1.64. The van der Waals surface area contributed by atoms with Gasteiger partial charge in [-0.3, -0.25) is 4.79 Å². The second-order valence-corrected chi connectivity index (χ2v) is 5.71. The molecule has 0 radical (unpaired) electrons. The molecular formula is C20H18FN3O. The third-order valence-corrected chi connectivity index (χ3v) is 3.72. The van der Waals surface area contributed by atoms with Crippen LogP contribution in [0.3, 0.4) is 0 Å². The molecular weight excluding hydrogens is 317 g/mol. The molecule has 1 heterocycles.